The molecule has 19 heavy (non-hydrogen) atoms. The lowest BCUT2D eigenvalue weighted by atomic mass is 10.0. The Morgan fingerprint density at radius 1 is 1.37 bits per heavy atom. The number of anilines is 2. The van der Waals surface area contributed by atoms with Crippen LogP contribution in [-0.2, 0) is 4.79 Å². The maximum Gasteiger partial charge on any atom is 0.233 e. The minimum absolute atomic E-state index is 0.0319. The van der Waals surface area contributed by atoms with Gasteiger partial charge in [0.25, 0.3) is 0 Å². The van der Waals surface area contributed by atoms with Gasteiger partial charge in [-0.15, -0.1) is 0 Å². The van der Waals surface area contributed by atoms with Crippen LogP contribution in [0.15, 0.2) is 47.2 Å². The van der Waals surface area contributed by atoms with Gasteiger partial charge >= 0.3 is 0 Å². The predicted octanol–water partition coefficient (Wildman–Crippen LogP) is 2.99. The summed E-state index contributed by atoms with van der Waals surface area (Å²) in [5, 5.41) is 6.14. The topological polar surface area (TPSA) is 54.0 Å². The van der Waals surface area contributed by atoms with E-state index in [4.69, 9.17) is 0 Å². The minimum atomic E-state index is -0.164. The van der Waals surface area contributed by atoms with Crippen LogP contribution in [0.25, 0.3) is 0 Å². The first-order chi connectivity index (χ1) is 9.24. The Bertz CT molecular complexity index is 615. The third kappa shape index (κ3) is 2.46. The molecule has 0 fully saturated rings. The largest absolute Gasteiger partial charge is 0.383 e. The van der Waals surface area contributed by atoms with E-state index < -0.39 is 0 Å². The highest BCUT2D eigenvalue weighted by Crippen LogP contribution is 2.34. The van der Waals surface area contributed by atoms with Crippen molar-refractivity contribution < 1.29 is 4.79 Å². The number of carbonyl (C=O) groups excluding carboxylic acids is 1. The second-order valence-electron chi connectivity index (χ2n) is 4.40. The van der Waals surface area contributed by atoms with Crippen LogP contribution in [0, 0.1) is 0 Å². The number of aromatic nitrogens is 1. The molecule has 5 heteroatoms. The molecular weight excluding hydrogens is 306 g/mol. The van der Waals surface area contributed by atoms with E-state index in [0.29, 0.717) is 6.54 Å². The van der Waals surface area contributed by atoms with Crippen LogP contribution >= 0.6 is 15.9 Å². The highest BCUT2D eigenvalue weighted by Gasteiger charge is 2.30. The van der Waals surface area contributed by atoms with Crippen molar-refractivity contribution in [3.63, 3.8) is 0 Å². The summed E-state index contributed by atoms with van der Waals surface area (Å²) in [4.78, 5) is 16.0. The first-order valence-electron chi connectivity index (χ1n) is 5.98. The van der Waals surface area contributed by atoms with Crippen molar-refractivity contribution in [3.05, 3.63) is 52.8 Å². The summed E-state index contributed by atoms with van der Waals surface area (Å²) in [5.41, 5.74) is 2.84. The number of rotatable bonds is 3. The van der Waals surface area contributed by atoms with Crippen molar-refractivity contribution in [2.75, 3.05) is 17.2 Å². The molecule has 1 aromatic heterocycles. The van der Waals surface area contributed by atoms with Gasteiger partial charge < -0.3 is 10.6 Å². The average molecular weight is 318 g/mol. The van der Waals surface area contributed by atoms with Gasteiger partial charge in [0.2, 0.25) is 5.91 Å². The zero-order valence-electron chi connectivity index (χ0n) is 10.1. The molecule has 2 aromatic rings. The number of carbonyl (C=O) groups is 1. The Hall–Kier alpha value is -1.88. The van der Waals surface area contributed by atoms with Gasteiger partial charge in [0.05, 0.1) is 11.6 Å². The van der Waals surface area contributed by atoms with E-state index in [2.05, 4.69) is 31.5 Å². The van der Waals surface area contributed by atoms with Crippen molar-refractivity contribution in [1.82, 2.24) is 4.98 Å². The van der Waals surface area contributed by atoms with Crippen LogP contribution in [0.3, 0.4) is 0 Å². The Labute approximate surface area is 119 Å². The lowest BCUT2D eigenvalue weighted by molar-refractivity contribution is -0.116. The zero-order chi connectivity index (χ0) is 13.2. The molecule has 1 aliphatic rings. The van der Waals surface area contributed by atoms with E-state index in [9.17, 15) is 4.79 Å². The third-order valence-electron chi connectivity index (χ3n) is 3.14. The predicted molar refractivity (Wildman–Crippen MR) is 78.2 cm³/mol. The highest BCUT2D eigenvalue weighted by atomic mass is 79.9. The Kier molecular flexibility index (Phi) is 3.21. The summed E-state index contributed by atoms with van der Waals surface area (Å²) >= 11 is 3.41. The van der Waals surface area contributed by atoms with Crippen LogP contribution in [0.1, 0.15) is 11.5 Å². The fourth-order valence-electron chi connectivity index (χ4n) is 2.19. The first-order valence-corrected chi connectivity index (χ1v) is 6.77. The lowest BCUT2D eigenvalue weighted by Gasteiger charge is -2.11. The molecule has 0 saturated heterocycles. The molecule has 4 nitrogen and oxygen atoms in total. The number of halogens is 1. The number of benzene rings is 1. The fraction of sp³-hybridized carbons (Fsp3) is 0.143. The maximum atomic E-state index is 12.0. The van der Waals surface area contributed by atoms with Crippen molar-refractivity contribution in [2.45, 2.75) is 5.92 Å². The number of pyridine rings is 1. The maximum absolute atomic E-state index is 12.0. The molecule has 3 rings (SSSR count). The minimum Gasteiger partial charge on any atom is -0.383 e. The number of hydrogen-bond acceptors (Lipinski definition) is 3. The Morgan fingerprint density at radius 3 is 3.05 bits per heavy atom. The van der Waals surface area contributed by atoms with E-state index in [1.807, 2.05) is 30.3 Å². The number of nitrogens with one attached hydrogen (secondary N) is 2. The Morgan fingerprint density at radius 2 is 2.26 bits per heavy atom. The molecule has 0 bridgehead atoms. The molecule has 1 amide bonds. The first kappa shape index (κ1) is 12.2. The molecule has 2 N–H and O–H groups in total. The SMILES string of the molecule is O=C1Nc2cc(Br)ccc2C1CNc1cccnc1. The fourth-order valence-corrected chi connectivity index (χ4v) is 2.55. The molecular formula is C14H12BrN3O. The van der Waals surface area contributed by atoms with E-state index in [1.165, 1.54) is 0 Å². The van der Waals surface area contributed by atoms with Crippen molar-refractivity contribution in [3.8, 4) is 0 Å². The lowest BCUT2D eigenvalue weighted by Crippen LogP contribution is -2.20. The summed E-state index contributed by atoms with van der Waals surface area (Å²) in [6.45, 7) is 0.562. The number of amides is 1. The van der Waals surface area contributed by atoms with Gasteiger partial charge in [0.1, 0.15) is 0 Å². The monoisotopic (exact) mass is 317 g/mol. The van der Waals surface area contributed by atoms with Gasteiger partial charge in [-0.1, -0.05) is 22.0 Å². The average Bonchev–Trinajstić information content (AvgIpc) is 2.72. The molecule has 96 valence electrons. The highest BCUT2D eigenvalue weighted by molar-refractivity contribution is 9.10. The van der Waals surface area contributed by atoms with Gasteiger partial charge in [-0.25, -0.2) is 0 Å². The summed E-state index contributed by atoms with van der Waals surface area (Å²) < 4.78 is 0.965. The second-order valence-corrected chi connectivity index (χ2v) is 5.31. The van der Waals surface area contributed by atoms with Gasteiger partial charge in [0, 0.05) is 29.1 Å². The van der Waals surface area contributed by atoms with E-state index >= 15 is 0 Å². The molecule has 1 unspecified atom stereocenters. The van der Waals surface area contributed by atoms with E-state index in [-0.39, 0.29) is 11.8 Å². The molecule has 0 radical (unpaired) electrons. The van der Waals surface area contributed by atoms with Crippen LogP contribution in [0.5, 0.6) is 0 Å². The van der Waals surface area contributed by atoms with Crippen LogP contribution in [0.2, 0.25) is 0 Å². The molecule has 2 heterocycles. The molecule has 1 aromatic carbocycles. The number of hydrogen-bond donors (Lipinski definition) is 2. The standard InChI is InChI=1S/C14H12BrN3O/c15-9-3-4-11-12(14(19)18-13(11)6-9)8-17-10-2-1-5-16-7-10/h1-7,12,17H,8H2,(H,18,19). The quantitative estimate of drug-likeness (QED) is 0.915. The van der Waals surface area contributed by atoms with Crippen molar-refractivity contribution in [1.29, 1.82) is 0 Å². The number of fused-ring (bicyclic) bond motifs is 1. The van der Waals surface area contributed by atoms with E-state index in [0.717, 1.165) is 21.4 Å². The van der Waals surface area contributed by atoms with Gasteiger partial charge in [0.15, 0.2) is 0 Å². The number of nitrogens with zero attached hydrogens (tertiary/aromatic N) is 1. The summed E-state index contributed by atoms with van der Waals surface area (Å²) in [6, 6.07) is 9.66. The summed E-state index contributed by atoms with van der Waals surface area (Å²) in [7, 11) is 0. The molecule has 0 saturated carbocycles. The van der Waals surface area contributed by atoms with Crippen LogP contribution in [-0.4, -0.2) is 17.4 Å². The summed E-state index contributed by atoms with van der Waals surface area (Å²) in [5.74, 6) is -0.132. The smallest absolute Gasteiger partial charge is 0.233 e. The molecule has 1 aliphatic heterocycles. The molecule has 0 aliphatic carbocycles. The van der Waals surface area contributed by atoms with E-state index in [1.54, 1.807) is 12.4 Å². The van der Waals surface area contributed by atoms with Crippen molar-refractivity contribution >= 4 is 33.2 Å². The van der Waals surface area contributed by atoms with Crippen molar-refractivity contribution in [2.24, 2.45) is 0 Å². The normalized spacial score (nSPS) is 16.9. The second kappa shape index (κ2) is 5.01. The van der Waals surface area contributed by atoms with Crippen LogP contribution in [0.4, 0.5) is 11.4 Å². The Balaban J connectivity index is 1.77. The summed E-state index contributed by atoms with van der Waals surface area (Å²) in [6.07, 6.45) is 3.47. The van der Waals surface area contributed by atoms with Gasteiger partial charge in [-0.3, -0.25) is 9.78 Å². The molecule has 0 spiro atoms. The molecule has 1 atom stereocenters. The third-order valence-corrected chi connectivity index (χ3v) is 3.63. The van der Waals surface area contributed by atoms with Crippen LogP contribution < -0.4 is 10.6 Å². The van der Waals surface area contributed by atoms with Gasteiger partial charge in [-0.05, 0) is 29.8 Å². The zero-order valence-corrected chi connectivity index (χ0v) is 11.6. The van der Waals surface area contributed by atoms with Gasteiger partial charge in [-0.2, -0.15) is 0 Å².